The Balaban J connectivity index is 2.21. The number of nitrogens with one attached hydrogen (secondary N) is 1. The summed E-state index contributed by atoms with van der Waals surface area (Å²) in [5, 5.41) is 2.53. The average Bonchev–Trinajstić information content (AvgIpc) is 2.43. The van der Waals surface area contributed by atoms with Gasteiger partial charge in [-0.3, -0.25) is 4.79 Å². The van der Waals surface area contributed by atoms with Crippen LogP contribution in [0.25, 0.3) is 0 Å². The third-order valence-electron chi connectivity index (χ3n) is 2.68. The maximum Gasteiger partial charge on any atom is 0.258 e. The fourth-order valence-corrected chi connectivity index (χ4v) is 2.02. The van der Waals surface area contributed by atoms with E-state index in [9.17, 15) is 13.6 Å². The number of anilines is 2. The lowest BCUT2D eigenvalue weighted by molar-refractivity contribution is 0.102. The molecule has 104 valence electrons. The maximum absolute atomic E-state index is 13.5. The molecule has 0 radical (unpaired) electrons. The van der Waals surface area contributed by atoms with Crippen molar-refractivity contribution in [2.45, 2.75) is 4.90 Å². The monoisotopic (exact) mass is 294 g/mol. The first kappa shape index (κ1) is 14.3. The molecule has 3 nitrogen and oxygen atoms in total. The second-order valence-electron chi connectivity index (χ2n) is 4.04. The van der Waals surface area contributed by atoms with Crippen molar-refractivity contribution in [2.75, 3.05) is 17.3 Å². The molecule has 3 N–H and O–H groups in total. The summed E-state index contributed by atoms with van der Waals surface area (Å²) in [7, 11) is 0. The van der Waals surface area contributed by atoms with Crippen LogP contribution in [0.5, 0.6) is 0 Å². The van der Waals surface area contributed by atoms with Gasteiger partial charge in [-0.05, 0) is 36.6 Å². The zero-order valence-corrected chi connectivity index (χ0v) is 11.4. The van der Waals surface area contributed by atoms with E-state index < -0.39 is 17.5 Å². The fraction of sp³-hybridized carbons (Fsp3) is 0.0714. The van der Waals surface area contributed by atoms with Gasteiger partial charge in [0.05, 0.1) is 11.3 Å². The van der Waals surface area contributed by atoms with E-state index in [-0.39, 0.29) is 11.3 Å². The van der Waals surface area contributed by atoms with Crippen molar-refractivity contribution in [2.24, 2.45) is 0 Å². The van der Waals surface area contributed by atoms with Crippen LogP contribution in [0.4, 0.5) is 20.2 Å². The van der Waals surface area contributed by atoms with Crippen molar-refractivity contribution in [3.63, 3.8) is 0 Å². The largest absolute Gasteiger partial charge is 0.396 e. The van der Waals surface area contributed by atoms with Crippen LogP contribution in [0.3, 0.4) is 0 Å². The van der Waals surface area contributed by atoms with E-state index in [1.165, 1.54) is 0 Å². The highest BCUT2D eigenvalue weighted by Gasteiger charge is 2.15. The van der Waals surface area contributed by atoms with Crippen LogP contribution >= 0.6 is 11.8 Å². The highest BCUT2D eigenvalue weighted by atomic mass is 32.2. The van der Waals surface area contributed by atoms with Gasteiger partial charge in [-0.25, -0.2) is 8.78 Å². The zero-order valence-electron chi connectivity index (χ0n) is 10.6. The third-order valence-corrected chi connectivity index (χ3v) is 3.42. The second-order valence-corrected chi connectivity index (χ2v) is 4.92. The molecule has 0 aliphatic carbocycles. The van der Waals surface area contributed by atoms with E-state index >= 15 is 0 Å². The van der Waals surface area contributed by atoms with Crippen molar-refractivity contribution in [1.82, 2.24) is 0 Å². The number of thioether (sulfide) groups is 1. The molecule has 1 amide bonds. The molecular formula is C14H12F2N2OS. The van der Waals surface area contributed by atoms with Crippen LogP contribution in [0.15, 0.2) is 41.3 Å². The van der Waals surface area contributed by atoms with Gasteiger partial charge in [-0.1, -0.05) is 0 Å². The summed E-state index contributed by atoms with van der Waals surface area (Å²) in [5.74, 6) is -2.51. The molecule has 0 bridgehead atoms. The number of hydrogen-bond donors (Lipinski definition) is 2. The number of hydrogen-bond acceptors (Lipinski definition) is 3. The second kappa shape index (κ2) is 5.92. The first-order valence-electron chi connectivity index (χ1n) is 5.71. The normalized spacial score (nSPS) is 10.3. The molecule has 2 aromatic rings. The van der Waals surface area contributed by atoms with E-state index in [0.717, 1.165) is 11.0 Å². The molecule has 2 rings (SSSR count). The number of carbonyl (C=O) groups is 1. The van der Waals surface area contributed by atoms with Gasteiger partial charge in [0, 0.05) is 16.6 Å². The molecule has 2 aromatic carbocycles. The van der Waals surface area contributed by atoms with E-state index in [4.69, 9.17) is 5.73 Å². The molecule has 0 aliphatic heterocycles. The summed E-state index contributed by atoms with van der Waals surface area (Å²) < 4.78 is 26.6. The van der Waals surface area contributed by atoms with Crippen molar-refractivity contribution < 1.29 is 13.6 Å². The topological polar surface area (TPSA) is 55.1 Å². The Bertz CT molecular complexity index is 644. The van der Waals surface area contributed by atoms with Gasteiger partial charge in [0.1, 0.15) is 11.6 Å². The van der Waals surface area contributed by atoms with Gasteiger partial charge >= 0.3 is 0 Å². The summed E-state index contributed by atoms with van der Waals surface area (Å²) in [4.78, 5) is 13.0. The molecule has 0 fully saturated rings. The summed E-state index contributed by atoms with van der Waals surface area (Å²) in [6.45, 7) is 0. The quantitative estimate of drug-likeness (QED) is 0.672. The Morgan fingerprint density at radius 2 is 1.80 bits per heavy atom. The van der Waals surface area contributed by atoms with Crippen molar-refractivity contribution in [1.29, 1.82) is 0 Å². The average molecular weight is 294 g/mol. The first-order valence-corrected chi connectivity index (χ1v) is 6.93. The van der Waals surface area contributed by atoms with E-state index in [2.05, 4.69) is 5.32 Å². The Morgan fingerprint density at radius 3 is 2.40 bits per heavy atom. The van der Waals surface area contributed by atoms with Crippen LogP contribution in [0, 0.1) is 11.6 Å². The van der Waals surface area contributed by atoms with Gasteiger partial charge < -0.3 is 11.1 Å². The number of nitrogen functional groups attached to an aromatic ring is 1. The van der Waals surface area contributed by atoms with E-state index in [1.54, 1.807) is 23.9 Å². The van der Waals surface area contributed by atoms with Crippen LogP contribution < -0.4 is 11.1 Å². The predicted molar refractivity (Wildman–Crippen MR) is 76.9 cm³/mol. The molecule has 0 aliphatic rings. The molecule has 6 heteroatoms. The Morgan fingerprint density at radius 1 is 1.15 bits per heavy atom. The van der Waals surface area contributed by atoms with Crippen LogP contribution in [-0.4, -0.2) is 12.2 Å². The lowest BCUT2D eigenvalue weighted by Gasteiger charge is -2.08. The first-order chi connectivity index (χ1) is 9.51. The van der Waals surface area contributed by atoms with Gasteiger partial charge in [0.15, 0.2) is 0 Å². The number of rotatable bonds is 3. The Kier molecular flexibility index (Phi) is 4.24. The molecule has 0 heterocycles. The fourth-order valence-electron chi connectivity index (χ4n) is 1.61. The molecule has 0 aromatic heterocycles. The number of carbonyl (C=O) groups excluding carboxylic acids is 1. The number of nitrogens with two attached hydrogens (primary N) is 1. The van der Waals surface area contributed by atoms with Gasteiger partial charge in [-0.2, -0.15) is 0 Å². The van der Waals surface area contributed by atoms with E-state index in [1.807, 2.05) is 18.4 Å². The van der Waals surface area contributed by atoms with Crippen molar-refractivity contribution >= 4 is 29.0 Å². The van der Waals surface area contributed by atoms with Crippen LogP contribution in [0.2, 0.25) is 0 Å². The van der Waals surface area contributed by atoms with Crippen molar-refractivity contribution in [3.05, 3.63) is 53.6 Å². The molecule has 0 atom stereocenters. The number of halogens is 2. The standard InChI is InChI=1S/C14H12F2N2OS/c1-20-9-4-2-8(3-5-9)18-14(19)10-6-13(17)12(16)7-11(10)15/h2-7H,17H2,1H3,(H,18,19). The lowest BCUT2D eigenvalue weighted by atomic mass is 10.1. The highest BCUT2D eigenvalue weighted by molar-refractivity contribution is 7.98. The van der Waals surface area contributed by atoms with Gasteiger partial charge in [0.2, 0.25) is 0 Å². The molecular weight excluding hydrogens is 282 g/mol. The van der Waals surface area contributed by atoms with Crippen LogP contribution in [0.1, 0.15) is 10.4 Å². The zero-order chi connectivity index (χ0) is 14.7. The smallest absolute Gasteiger partial charge is 0.258 e. The predicted octanol–water partition coefficient (Wildman–Crippen LogP) is 3.52. The molecule has 0 saturated carbocycles. The molecule has 0 spiro atoms. The lowest BCUT2D eigenvalue weighted by Crippen LogP contribution is -2.14. The summed E-state index contributed by atoms with van der Waals surface area (Å²) in [6.07, 6.45) is 1.93. The molecule has 20 heavy (non-hydrogen) atoms. The minimum Gasteiger partial charge on any atom is -0.396 e. The third kappa shape index (κ3) is 3.08. The van der Waals surface area contributed by atoms with Crippen LogP contribution in [-0.2, 0) is 0 Å². The summed E-state index contributed by atoms with van der Waals surface area (Å²) in [5.41, 5.74) is 5.29. The molecule has 0 unspecified atom stereocenters. The summed E-state index contributed by atoms with van der Waals surface area (Å²) in [6, 6.07) is 8.64. The van der Waals surface area contributed by atoms with Crippen molar-refractivity contribution in [3.8, 4) is 0 Å². The SMILES string of the molecule is CSc1ccc(NC(=O)c2cc(N)c(F)cc2F)cc1. The van der Waals surface area contributed by atoms with E-state index in [0.29, 0.717) is 11.8 Å². The maximum atomic E-state index is 13.5. The molecule has 0 saturated heterocycles. The summed E-state index contributed by atoms with van der Waals surface area (Å²) >= 11 is 1.57. The Hall–Kier alpha value is -2.08. The Labute approximate surface area is 119 Å². The minimum atomic E-state index is -0.949. The minimum absolute atomic E-state index is 0.269. The van der Waals surface area contributed by atoms with Gasteiger partial charge in [0.25, 0.3) is 5.91 Å². The van der Waals surface area contributed by atoms with Gasteiger partial charge in [-0.15, -0.1) is 11.8 Å². The number of amides is 1. The highest BCUT2D eigenvalue weighted by Crippen LogP contribution is 2.20. The number of benzene rings is 2.